The van der Waals surface area contributed by atoms with Crippen molar-refractivity contribution < 1.29 is 19.1 Å². The first kappa shape index (κ1) is 23.7. The Morgan fingerprint density at radius 1 is 1.03 bits per heavy atom. The number of fused-ring (bicyclic) bond motifs is 2. The summed E-state index contributed by atoms with van der Waals surface area (Å²) in [5.74, 6) is -1.25. The van der Waals surface area contributed by atoms with E-state index in [-0.39, 0.29) is 6.04 Å². The third kappa shape index (κ3) is 5.15. The maximum absolute atomic E-state index is 13.2. The predicted octanol–water partition coefficient (Wildman–Crippen LogP) is 4.96. The smallest absolute Gasteiger partial charge is 0.339 e. The number of hydrogen-bond acceptors (Lipinski definition) is 5. The Bertz CT molecular complexity index is 1350. The Labute approximate surface area is 209 Å². The third-order valence-corrected chi connectivity index (χ3v) is 6.84. The first-order valence-corrected chi connectivity index (χ1v) is 12.4. The zero-order valence-corrected chi connectivity index (χ0v) is 20.3. The molecule has 7 heteroatoms. The summed E-state index contributed by atoms with van der Waals surface area (Å²) in [7, 11) is 0. The summed E-state index contributed by atoms with van der Waals surface area (Å²) in [6, 6.07) is 15.3. The number of para-hydroxylation sites is 1. The summed E-state index contributed by atoms with van der Waals surface area (Å²) in [5.41, 5.74) is 6.09. The summed E-state index contributed by atoms with van der Waals surface area (Å²) >= 11 is 0. The molecule has 1 aromatic heterocycles. The van der Waals surface area contributed by atoms with E-state index in [4.69, 9.17) is 9.72 Å². The van der Waals surface area contributed by atoms with Crippen LogP contribution < -0.4 is 10.6 Å². The van der Waals surface area contributed by atoms with Gasteiger partial charge in [0.05, 0.1) is 16.8 Å². The number of aromatic nitrogens is 1. The van der Waals surface area contributed by atoms with Crippen LogP contribution >= 0.6 is 0 Å². The quantitative estimate of drug-likeness (QED) is 0.500. The van der Waals surface area contributed by atoms with Gasteiger partial charge in [-0.25, -0.2) is 14.6 Å². The zero-order valence-electron chi connectivity index (χ0n) is 20.3. The molecule has 0 spiro atoms. The van der Waals surface area contributed by atoms with Crippen molar-refractivity contribution >= 4 is 40.5 Å². The number of hydrogen-bond donors (Lipinski definition) is 2. The van der Waals surface area contributed by atoms with E-state index in [1.807, 2.05) is 24.3 Å². The Hall–Kier alpha value is -4.00. The molecule has 7 nitrogen and oxygen atoms in total. The second-order valence-electron chi connectivity index (χ2n) is 9.49. The molecule has 3 aromatic rings. The molecule has 2 N–H and O–H groups in total. The lowest BCUT2D eigenvalue weighted by atomic mass is 10.0. The van der Waals surface area contributed by atoms with E-state index in [1.54, 1.807) is 0 Å². The second kappa shape index (κ2) is 10.3. The molecule has 2 aliphatic carbocycles. The van der Waals surface area contributed by atoms with Crippen LogP contribution in [0.2, 0.25) is 0 Å². The fourth-order valence-electron chi connectivity index (χ4n) is 5.03. The number of benzene rings is 2. The Morgan fingerprint density at radius 2 is 1.78 bits per heavy atom. The zero-order chi connectivity index (χ0) is 25.1. The fraction of sp³-hybridized carbons (Fsp3) is 0.310. The van der Waals surface area contributed by atoms with E-state index in [9.17, 15) is 14.4 Å². The minimum Gasteiger partial charge on any atom is -0.452 e. The molecule has 3 amide bonds. The average Bonchev–Trinajstić information content (AvgIpc) is 3.52. The standard InChI is InChI=1S/C29H29N3O4/c1-18-10-12-19(13-11-18)16-20-14-15-23-26(22-8-4-5-9-24(22)31-27(20)23)28(34)36-17-25(33)32-29(35)30-21-6-2-3-7-21/h4-5,8-13,16,21H,2-3,6-7,14-15,17H2,1H3,(H2,30,32,33,35). The molecule has 0 atom stereocenters. The molecule has 0 aliphatic heterocycles. The molecule has 2 aliphatic rings. The number of carbonyl (C=O) groups is 3. The van der Waals surface area contributed by atoms with Gasteiger partial charge in [0.2, 0.25) is 0 Å². The molecule has 0 saturated heterocycles. The predicted molar refractivity (Wildman–Crippen MR) is 138 cm³/mol. The fourth-order valence-corrected chi connectivity index (χ4v) is 5.03. The lowest BCUT2D eigenvalue weighted by Gasteiger charge is -2.14. The monoisotopic (exact) mass is 483 g/mol. The molecular weight excluding hydrogens is 454 g/mol. The van der Waals surface area contributed by atoms with Gasteiger partial charge in [0.15, 0.2) is 6.61 Å². The molecular formula is C29H29N3O4. The number of esters is 1. The van der Waals surface area contributed by atoms with E-state index < -0.39 is 24.5 Å². The van der Waals surface area contributed by atoms with E-state index in [0.29, 0.717) is 22.9 Å². The van der Waals surface area contributed by atoms with Crippen molar-refractivity contribution in [3.63, 3.8) is 0 Å². The summed E-state index contributed by atoms with van der Waals surface area (Å²) in [6.07, 6.45) is 7.50. The van der Waals surface area contributed by atoms with Crippen LogP contribution in [0.25, 0.3) is 22.6 Å². The molecule has 2 aromatic carbocycles. The van der Waals surface area contributed by atoms with Crippen molar-refractivity contribution in [1.82, 2.24) is 15.6 Å². The highest BCUT2D eigenvalue weighted by Gasteiger charge is 2.28. The first-order chi connectivity index (χ1) is 17.5. The summed E-state index contributed by atoms with van der Waals surface area (Å²) in [6.45, 7) is 1.52. The number of urea groups is 1. The minimum atomic E-state index is -0.659. The normalized spacial score (nSPS) is 16.2. The van der Waals surface area contributed by atoms with Crippen molar-refractivity contribution in [1.29, 1.82) is 0 Å². The summed E-state index contributed by atoms with van der Waals surface area (Å²) < 4.78 is 5.38. The van der Waals surface area contributed by atoms with Gasteiger partial charge in [-0.15, -0.1) is 0 Å². The third-order valence-electron chi connectivity index (χ3n) is 6.84. The van der Waals surface area contributed by atoms with Gasteiger partial charge in [-0.3, -0.25) is 10.1 Å². The number of ether oxygens (including phenoxy) is 1. The van der Waals surface area contributed by atoms with Crippen LogP contribution in [0.3, 0.4) is 0 Å². The number of aryl methyl sites for hydroxylation is 1. The van der Waals surface area contributed by atoms with Gasteiger partial charge in [-0.05, 0) is 61.4 Å². The van der Waals surface area contributed by atoms with E-state index in [0.717, 1.165) is 54.5 Å². The highest BCUT2D eigenvalue weighted by Crippen LogP contribution is 2.37. The topological polar surface area (TPSA) is 97.4 Å². The van der Waals surface area contributed by atoms with E-state index in [1.165, 1.54) is 5.56 Å². The maximum atomic E-state index is 13.2. The average molecular weight is 484 g/mol. The van der Waals surface area contributed by atoms with Gasteiger partial charge in [0.1, 0.15) is 0 Å². The molecule has 184 valence electrons. The largest absolute Gasteiger partial charge is 0.452 e. The van der Waals surface area contributed by atoms with Crippen LogP contribution in [0, 0.1) is 6.92 Å². The van der Waals surface area contributed by atoms with Gasteiger partial charge >= 0.3 is 12.0 Å². The lowest BCUT2D eigenvalue weighted by molar-refractivity contribution is -0.123. The molecule has 1 fully saturated rings. The van der Waals surface area contributed by atoms with Crippen LogP contribution in [0.1, 0.15) is 64.8 Å². The van der Waals surface area contributed by atoms with E-state index in [2.05, 4.69) is 47.9 Å². The number of amides is 3. The van der Waals surface area contributed by atoms with Crippen LogP contribution in [0.15, 0.2) is 48.5 Å². The Morgan fingerprint density at radius 3 is 2.56 bits per heavy atom. The number of pyridine rings is 1. The first-order valence-electron chi connectivity index (χ1n) is 12.4. The second-order valence-corrected chi connectivity index (χ2v) is 9.49. The maximum Gasteiger partial charge on any atom is 0.339 e. The van der Waals surface area contributed by atoms with Gasteiger partial charge in [0.25, 0.3) is 5.91 Å². The molecule has 5 rings (SSSR count). The molecule has 0 bridgehead atoms. The van der Waals surface area contributed by atoms with Crippen LogP contribution in [0.4, 0.5) is 4.79 Å². The molecule has 0 unspecified atom stereocenters. The van der Waals surface area contributed by atoms with Gasteiger partial charge in [0, 0.05) is 11.4 Å². The Balaban J connectivity index is 1.35. The number of nitrogens with zero attached hydrogens (tertiary/aromatic N) is 1. The lowest BCUT2D eigenvalue weighted by Crippen LogP contribution is -2.45. The summed E-state index contributed by atoms with van der Waals surface area (Å²) in [5, 5.41) is 5.73. The van der Waals surface area contributed by atoms with Crippen molar-refractivity contribution in [3.05, 3.63) is 76.5 Å². The number of rotatable bonds is 5. The SMILES string of the molecule is Cc1ccc(C=C2CCc3c2nc2ccccc2c3C(=O)OCC(=O)NC(=O)NC2CCCC2)cc1. The molecule has 36 heavy (non-hydrogen) atoms. The van der Waals surface area contributed by atoms with Crippen molar-refractivity contribution in [3.8, 4) is 0 Å². The number of carbonyl (C=O) groups excluding carboxylic acids is 3. The highest BCUT2D eigenvalue weighted by atomic mass is 16.5. The van der Waals surface area contributed by atoms with Crippen LogP contribution in [-0.2, 0) is 16.0 Å². The Kier molecular flexibility index (Phi) is 6.80. The molecule has 1 heterocycles. The number of allylic oxidation sites excluding steroid dienone is 1. The van der Waals surface area contributed by atoms with E-state index >= 15 is 0 Å². The van der Waals surface area contributed by atoms with Crippen molar-refractivity contribution in [2.75, 3.05) is 6.61 Å². The summed E-state index contributed by atoms with van der Waals surface area (Å²) in [4.78, 5) is 42.4. The van der Waals surface area contributed by atoms with Crippen LogP contribution in [-0.4, -0.2) is 35.5 Å². The minimum absolute atomic E-state index is 0.0910. The number of nitrogens with one attached hydrogen (secondary N) is 2. The van der Waals surface area contributed by atoms with Gasteiger partial charge in [-0.2, -0.15) is 0 Å². The molecule has 0 radical (unpaired) electrons. The number of imide groups is 1. The van der Waals surface area contributed by atoms with Crippen LogP contribution in [0.5, 0.6) is 0 Å². The van der Waals surface area contributed by atoms with Crippen molar-refractivity contribution in [2.45, 2.75) is 51.5 Å². The van der Waals surface area contributed by atoms with Gasteiger partial charge in [-0.1, -0.05) is 60.9 Å². The van der Waals surface area contributed by atoms with Crippen molar-refractivity contribution in [2.24, 2.45) is 0 Å². The molecule has 1 saturated carbocycles. The highest BCUT2D eigenvalue weighted by molar-refractivity contribution is 6.08. The van der Waals surface area contributed by atoms with Gasteiger partial charge < -0.3 is 10.1 Å².